The van der Waals surface area contributed by atoms with E-state index in [0.29, 0.717) is 18.0 Å². The van der Waals surface area contributed by atoms with Crippen molar-refractivity contribution in [3.05, 3.63) is 45.8 Å². The highest BCUT2D eigenvalue weighted by Crippen LogP contribution is 2.18. The van der Waals surface area contributed by atoms with E-state index in [-0.39, 0.29) is 16.7 Å². The van der Waals surface area contributed by atoms with E-state index in [1.807, 2.05) is 0 Å². The maximum absolute atomic E-state index is 11.1. The zero-order chi connectivity index (χ0) is 10.8. The molecule has 2 aromatic rings. The monoisotopic (exact) mass is 202 g/mol. The Hall–Kier alpha value is -2.23. The highest BCUT2D eigenvalue weighted by atomic mass is 16.4. The zero-order valence-corrected chi connectivity index (χ0v) is 7.60. The fourth-order valence-corrected chi connectivity index (χ4v) is 1.42. The minimum Gasteiger partial charge on any atom is -0.422 e. The standard InChI is InChI=1S/C11H6O4/c12-5-7-2-1-3-9-8(6-13)4-10(14)15-11(7)9/h1-6H. The van der Waals surface area contributed by atoms with Crippen molar-refractivity contribution in [2.24, 2.45) is 0 Å². The third-order valence-corrected chi connectivity index (χ3v) is 2.09. The van der Waals surface area contributed by atoms with E-state index in [1.54, 1.807) is 12.1 Å². The Kier molecular flexibility index (Phi) is 2.17. The van der Waals surface area contributed by atoms with Crippen LogP contribution in [-0.2, 0) is 0 Å². The van der Waals surface area contributed by atoms with E-state index < -0.39 is 5.63 Å². The third kappa shape index (κ3) is 1.46. The molecule has 0 aliphatic heterocycles. The molecule has 0 atom stereocenters. The molecule has 1 aromatic carbocycles. The Bertz CT molecular complexity index is 595. The van der Waals surface area contributed by atoms with Crippen LogP contribution in [-0.4, -0.2) is 12.6 Å². The summed E-state index contributed by atoms with van der Waals surface area (Å²) in [5, 5.41) is 0.467. The quantitative estimate of drug-likeness (QED) is 0.545. The molecule has 1 aromatic heterocycles. The Morgan fingerprint density at radius 1 is 1.07 bits per heavy atom. The van der Waals surface area contributed by atoms with Crippen molar-refractivity contribution in [2.75, 3.05) is 0 Å². The molecule has 0 saturated heterocycles. The second-order valence-corrected chi connectivity index (χ2v) is 2.98. The molecule has 74 valence electrons. The molecule has 0 bridgehead atoms. The van der Waals surface area contributed by atoms with Gasteiger partial charge in [-0.25, -0.2) is 4.79 Å². The summed E-state index contributed by atoms with van der Waals surface area (Å²) in [5.41, 5.74) is -0.000694. The Morgan fingerprint density at radius 3 is 2.47 bits per heavy atom. The molecule has 15 heavy (non-hydrogen) atoms. The van der Waals surface area contributed by atoms with Gasteiger partial charge in [-0.15, -0.1) is 0 Å². The first-order valence-electron chi connectivity index (χ1n) is 4.23. The summed E-state index contributed by atoms with van der Waals surface area (Å²) in [6, 6.07) is 5.87. The number of carbonyl (C=O) groups is 2. The second kappa shape index (κ2) is 3.49. The van der Waals surface area contributed by atoms with Crippen molar-refractivity contribution in [2.45, 2.75) is 0 Å². The molecule has 0 fully saturated rings. The number of hydrogen-bond acceptors (Lipinski definition) is 4. The average molecular weight is 202 g/mol. The maximum Gasteiger partial charge on any atom is 0.336 e. The highest BCUT2D eigenvalue weighted by molar-refractivity contribution is 6.01. The van der Waals surface area contributed by atoms with Gasteiger partial charge in [0.1, 0.15) is 5.58 Å². The van der Waals surface area contributed by atoms with Crippen LogP contribution < -0.4 is 5.63 Å². The third-order valence-electron chi connectivity index (χ3n) is 2.09. The molecule has 0 radical (unpaired) electrons. The van der Waals surface area contributed by atoms with E-state index in [9.17, 15) is 14.4 Å². The molecule has 0 spiro atoms. The minimum atomic E-state index is -0.640. The van der Waals surface area contributed by atoms with Crippen LogP contribution >= 0.6 is 0 Å². The van der Waals surface area contributed by atoms with Gasteiger partial charge in [-0.2, -0.15) is 0 Å². The zero-order valence-electron chi connectivity index (χ0n) is 7.60. The van der Waals surface area contributed by atoms with Crippen LogP contribution in [0.4, 0.5) is 0 Å². The summed E-state index contributed by atoms with van der Waals surface area (Å²) in [6.07, 6.45) is 1.15. The van der Waals surface area contributed by atoms with Gasteiger partial charge < -0.3 is 4.42 Å². The Balaban J connectivity index is 3.01. The number of rotatable bonds is 2. The van der Waals surface area contributed by atoms with E-state index in [4.69, 9.17) is 4.42 Å². The van der Waals surface area contributed by atoms with Crippen LogP contribution in [0.15, 0.2) is 33.5 Å². The van der Waals surface area contributed by atoms with Crippen molar-refractivity contribution in [1.82, 2.24) is 0 Å². The van der Waals surface area contributed by atoms with Gasteiger partial charge in [0.05, 0.1) is 5.56 Å². The number of hydrogen-bond donors (Lipinski definition) is 0. The molecular formula is C11H6O4. The predicted octanol–water partition coefficient (Wildman–Crippen LogP) is 1.42. The van der Waals surface area contributed by atoms with Crippen LogP contribution in [0.3, 0.4) is 0 Å². The van der Waals surface area contributed by atoms with Crippen molar-refractivity contribution in [3.8, 4) is 0 Å². The first kappa shape index (κ1) is 9.33. The molecule has 0 aliphatic carbocycles. The fourth-order valence-electron chi connectivity index (χ4n) is 1.42. The fraction of sp³-hybridized carbons (Fsp3) is 0. The van der Waals surface area contributed by atoms with Crippen LogP contribution in [0, 0.1) is 0 Å². The van der Waals surface area contributed by atoms with Crippen LogP contribution in [0.2, 0.25) is 0 Å². The maximum atomic E-state index is 11.1. The van der Waals surface area contributed by atoms with Crippen LogP contribution in [0.5, 0.6) is 0 Å². The number of fused-ring (bicyclic) bond motifs is 1. The van der Waals surface area contributed by atoms with Crippen molar-refractivity contribution in [3.63, 3.8) is 0 Å². The van der Waals surface area contributed by atoms with Gasteiger partial charge in [-0.1, -0.05) is 12.1 Å². The van der Waals surface area contributed by atoms with Crippen molar-refractivity contribution >= 4 is 23.5 Å². The molecular weight excluding hydrogens is 196 g/mol. The van der Waals surface area contributed by atoms with Crippen molar-refractivity contribution < 1.29 is 14.0 Å². The first-order chi connectivity index (χ1) is 7.26. The summed E-state index contributed by atoms with van der Waals surface area (Å²) in [7, 11) is 0. The molecule has 0 unspecified atom stereocenters. The summed E-state index contributed by atoms with van der Waals surface area (Å²) >= 11 is 0. The lowest BCUT2D eigenvalue weighted by atomic mass is 10.1. The summed E-state index contributed by atoms with van der Waals surface area (Å²) in [4.78, 5) is 32.5. The molecule has 0 aliphatic rings. The van der Waals surface area contributed by atoms with Crippen molar-refractivity contribution in [1.29, 1.82) is 0 Å². The SMILES string of the molecule is O=Cc1cc(=O)oc2c(C=O)cccc12. The molecule has 0 amide bonds. The molecule has 2 rings (SSSR count). The lowest BCUT2D eigenvalue weighted by Crippen LogP contribution is -2.01. The van der Waals surface area contributed by atoms with Crippen LogP contribution in [0.25, 0.3) is 11.0 Å². The molecule has 0 N–H and O–H groups in total. The Labute approximate surface area is 84.1 Å². The summed E-state index contributed by atoms with van der Waals surface area (Å²) in [5.74, 6) is 0. The first-order valence-corrected chi connectivity index (χ1v) is 4.23. The second-order valence-electron chi connectivity index (χ2n) is 2.98. The topological polar surface area (TPSA) is 64.3 Å². The predicted molar refractivity (Wildman–Crippen MR) is 53.3 cm³/mol. The summed E-state index contributed by atoms with van der Waals surface area (Å²) < 4.78 is 4.88. The molecule has 0 saturated carbocycles. The Morgan fingerprint density at radius 2 is 1.80 bits per heavy atom. The number of carbonyl (C=O) groups excluding carboxylic acids is 2. The number of aldehydes is 2. The number of para-hydroxylation sites is 1. The molecule has 1 heterocycles. The van der Waals surface area contributed by atoms with E-state index >= 15 is 0 Å². The normalized spacial score (nSPS) is 10.1. The molecule has 4 nitrogen and oxygen atoms in total. The van der Waals surface area contributed by atoms with Crippen LogP contribution in [0.1, 0.15) is 20.7 Å². The van der Waals surface area contributed by atoms with Gasteiger partial charge in [0.25, 0.3) is 0 Å². The largest absolute Gasteiger partial charge is 0.422 e. The van der Waals surface area contributed by atoms with Gasteiger partial charge in [0, 0.05) is 17.0 Å². The van der Waals surface area contributed by atoms with E-state index in [0.717, 1.165) is 6.07 Å². The van der Waals surface area contributed by atoms with Gasteiger partial charge in [0.2, 0.25) is 0 Å². The molecule has 4 heteroatoms. The highest BCUT2D eigenvalue weighted by Gasteiger charge is 2.07. The van der Waals surface area contributed by atoms with Gasteiger partial charge in [-0.05, 0) is 6.07 Å². The number of benzene rings is 1. The lowest BCUT2D eigenvalue weighted by Gasteiger charge is -2.00. The summed E-state index contributed by atoms with van der Waals surface area (Å²) in [6.45, 7) is 0. The average Bonchev–Trinajstić information content (AvgIpc) is 2.27. The van der Waals surface area contributed by atoms with Gasteiger partial charge in [-0.3, -0.25) is 9.59 Å². The van der Waals surface area contributed by atoms with Gasteiger partial charge >= 0.3 is 5.63 Å². The van der Waals surface area contributed by atoms with Gasteiger partial charge in [0.15, 0.2) is 12.6 Å². The minimum absolute atomic E-state index is 0.155. The van der Waals surface area contributed by atoms with E-state index in [1.165, 1.54) is 6.07 Å². The lowest BCUT2D eigenvalue weighted by molar-refractivity contribution is 0.111. The smallest absolute Gasteiger partial charge is 0.336 e. The van der Waals surface area contributed by atoms with E-state index in [2.05, 4.69) is 0 Å².